The first kappa shape index (κ1) is 25.3. The Labute approximate surface area is 194 Å². The van der Waals surface area contributed by atoms with Crippen molar-refractivity contribution >= 4 is 24.5 Å². The fourth-order valence-electron chi connectivity index (χ4n) is 3.31. The Morgan fingerprint density at radius 1 is 1.39 bits per heavy atom. The number of aliphatic hydroxyl groups is 1. The van der Waals surface area contributed by atoms with Crippen LogP contribution in [0, 0.1) is 5.41 Å². The van der Waals surface area contributed by atoms with E-state index in [0.29, 0.717) is 16.1 Å². The van der Waals surface area contributed by atoms with E-state index >= 15 is 0 Å². The van der Waals surface area contributed by atoms with Gasteiger partial charge in [0, 0.05) is 25.9 Å². The second kappa shape index (κ2) is 10.9. The third-order valence-corrected chi connectivity index (χ3v) is 4.86. The van der Waals surface area contributed by atoms with E-state index in [4.69, 9.17) is 23.1 Å². The number of primary amides is 1. The maximum Gasteiger partial charge on any atom is 1.00 e. The Morgan fingerprint density at radius 3 is 2.46 bits per heavy atom. The molecule has 0 aliphatic carbocycles. The molecule has 3 N–H and O–H groups in total. The molecule has 28 heavy (non-hydrogen) atoms. The van der Waals surface area contributed by atoms with Crippen molar-refractivity contribution in [2.24, 2.45) is 11.1 Å². The summed E-state index contributed by atoms with van der Waals surface area (Å²) in [4.78, 5) is 20.8. The zero-order valence-corrected chi connectivity index (χ0v) is 20.0. The molecule has 0 unspecified atom stereocenters. The Kier molecular flexibility index (Phi) is 9.85. The number of carbonyl (C=O) groups is 1. The molecule has 0 atom stereocenters. The van der Waals surface area contributed by atoms with E-state index in [-0.39, 0.29) is 36.2 Å². The predicted molar refractivity (Wildman–Crippen MR) is 103 cm³/mol. The molecule has 10 heteroatoms. The van der Waals surface area contributed by atoms with E-state index < -0.39 is 11.7 Å². The van der Waals surface area contributed by atoms with Gasteiger partial charge in [0.15, 0.2) is 5.82 Å². The van der Waals surface area contributed by atoms with Gasteiger partial charge in [-0.15, -0.1) is 0 Å². The molecule has 2 aliphatic rings. The molecule has 152 valence electrons. The minimum absolute atomic E-state index is 0. The average Bonchev–Trinajstić information content (AvgIpc) is 3.02. The molecule has 1 aromatic heterocycles. The van der Waals surface area contributed by atoms with Crippen molar-refractivity contribution in [2.75, 3.05) is 31.2 Å². The number of carbonyl (C=O) groups excluding carboxylic acids is 1. The second-order valence-electron chi connectivity index (χ2n) is 7.96. The number of piperidine rings is 1. The van der Waals surface area contributed by atoms with Crippen LogP contribution in [0.5, 0.6) is 0 Å². The first-order chi connectivity index (χ1) is 12.6. The number of amides is 1. The predicted octanol–water partition coefficient (Wildman–Crippen LogP) is -1.23. The molecule has 0 saturated carbocycles. The zero-order valence-electron chi connectivity index (χ0n) is 17.2. The Morgan fingerprint density at radius 2 is 2.04 bits per heavy atom. The number of aliphatic hydroxyl groups excluding tert-OH is 1. The number of nitrogens with two attached hydrogens (primary N) is 1. The Balaban J connectivity index is 0.000000376. The monoisotopic (exact) mass is 420 g/mol. The van der Waals surface area contributed by atoms with Crippen LogP contribution >= 0.6 is 0 Å². The molecule has 1 aromatic rings. The molecule has 0 aromatic carbocycles. The van der Waals surface area contributed by atoms with Crippen LogP contribution in [0.25, 0.3) is 0 Å². The third-order valence-electron chi connectivity index (χ3n) is 4.67. The van der Waals surface area contributed by atoms with Gasteiger partial charge in [0.1, 0.15) is 11.3 Å². The van der Waals surface area contributed by atoms with Crippen molar-refractivity contribution in [3.63, 3.8) is 0 Å². The van der Waals surface area contributed by atoms with Crippen molar-refractivity contribution < 1.29 is 48.9 Å². The van der Waals surface area contributed by atoms with Crippen LogP contribution < -0.4 is 40.2 Å². The van der Waals surface area contributed by atoms with E-state index in [2.05, 4.69) is 19.6 Å². The summed E-state index contributed by atoms with van der Waals surface area (Å²) in [5, 5.41) is 9.82. The van der Waals surface area contributed by atoms with Gasteiger partial charge in [-0.05, 0) is 45.4 Å². The normalized spacial score (nSPS) is 18.1. The zero-order chi connectivity index (χ0) is 20.1. The first-order valence-corrected chi connectivity index (χ1v) is 9.50. The molecular weight excluding hydrogens is 391 g/mol. The molecule has 8 nitrogen and oxygen atoms in total. The van der Waals surface area contributed by atoms with Crippen molar-refractivity contribution in [1.29, 1.82) is 0 Å². The standard InChI is InChI=1S/C13H19N3O2S.C5H11NO2.Na/c17-8-10-12(14-7-11(19)15-10)16-4-1-13(2-5-16)3-6-18-9-13;1-5(2,3)8-4(6)7;/h7,17H,1-6,8-9H2,(H,15,19);1-3H3,(H2,6,7);/q;;+1/p-1. The fourth-order valence-corrected chi connectivity index (χ4v) is 3.47. The SMILES string of the molecule is CC(C)(C)OC(N)=O.OCc1nc([S-])cnc1N1CCC2(CCOC2)CC1.[Na+]. The average molecular weight is 421 g/mol. The molecule has 3 rings (SSSR count). The summed E-state index contributed by atoms with van der Waals surface area (Å²) in [5.41, 5.74) is 5.23. The summed E-state index contributed by atoms with van der Waals surface area (Å²) < 4.78 is 10.1. The Hall–Kier alpha value is -0.710. The second-order valence-corrected chi connectivity index (χ2v) is 8.38. The van der Waals surface area contributed by atoms with E-state index in [1.54, 1.807) is 27.0 Å². The van der Waals surface area contributed by atoms with Gasteiger partial charge < -0.3 is 37.8 Å². The van der Waals surface area contributed by atoms with Crippen LogP contribution in [-0.2, 0) is 28.7 Å². The quantitative estimate of drug-likeness (QED) is 0.452. The molecule has 3 heterocycles. The van der Waals surface area contributed by atoms with Crippen LogP contribution in [0.15, 0.2) is 11.2 Å². The molecule has 2 fully saturated rings. The van der Waals surface area contributed by atoms with Crippen LogP contribution in [0.1, 0.15) is 45.7 Å². The fraction of sp³-hybridized carbons (Fsp3) is 0.722. The van der Waals surface area contributed by atoms with Gasteiger partial charge in [0.25, 0.3) is 0 Å². The van der Waals surface area contributed by atoms with E-state index in [9.17, 15) is 9.90 Å². The van der Waals surface area contributed by atoms with E-state index in [1.165, 1.54) is 6.42 Å². The number of ether oxygens (including phenoxy) is 2. The molecule has 0 bridgehead atoms. The molecular formula is C18H29N4NaO4S. The largest absolute Gasteiger partial charge is 1.00 e. The summed E-state index contributed by atoms with van der Waals surface area (Å²) in [6, 6.07) is 0. The number of anilines is 1. The Bertz CT molecular complexity index is 641. The maximum atomic E-state index is 10.0. The third kappa shape index (κ3) is 7.61. The summed E-state index contributed by atoms with van der Waals surface area (Å²) in [6.45, 7) is 8.85. The van der Waals surface area contributed by atoms with Crippen LogP contribution in [0.2, 0.25) is 0 Å². The van der Waals surface area contributed by atoms with Gasteiger partial charge in [-0.1, -0.05) is 5.03 Å². The summed E-state index contributed by atoms with van der Waals surface area (Å²) >= 11 is 4.99. The summed E-state index contributed by atoms with van der Waals surface area (Å²) in [7, 11) is 0. The van der Waals surface area contributed by atoms with Crippen molar-refractivity contribution in [2.45, 2.75) is 57.3 Å². The van der Waals surface area contributed by atoms with Crippen LogP contribution in [0.3, 0.4) is 0 Å². The molecule has 0 radical (unpaired) electrons. The smallest absolute Gasteiger partial charge is 0.759 e. The van der Waals surface area contributed by atoms with Gasteiger partial charge >= 0.3 is 35.7 Å². The number of nitrogens with zero attached hydrogens (tertiary/aromatic N) is 3. The van der Waals surface area contributed by atoms with E-state index in [1.807, 2.05) is 0 Å². The molecule has 1 amide bonds. The number of hydrogen-bond donors (Lipinski definition) is 2. The number of hydrogen-bond acceptors (Lipinski definition) is 8. The van der Waals surface area contributed by atoms with Crippen molar-refractivity contribution in [3.8, 4) is 0 Å². The minimum atomic E-state index is -0.725. The van der Waals surface area contributed by atoms with Gasteiger partial charge in [0.2, 0.25) is 0 Å². The molecule has 2 aliphatic heterocycles. The summed E-state index contributed by atoms with van der Waals surface area (Å²) in [5.74, 6) is 0.782. The number of aromatic nitrogens is 2. The van der Waals surface area contributed by atoms with Crippen molar-refractivity contribution in [1.82, 2.24) is 9.97 Å². The molecule has 2 saturated heterocycles. The van der Waals surface area contributed by atoms with E-state index in [0.717, 1.165) is 45.0 Å². The van der Waals surface area contributed by atoms with Crippen LogP contribution in [-0.4, -0.2) is 53.1 Å². The topological polar surface area (TPSA) is 111 Å². The number of rotatable bonds is 2. The van der Waals surface area contributed by atoms with Crippen molar-refractivity contribution in [3.05, 3.63) is 11.9 Å². The maximum absolute atomic E-state index is 10.0. The van der Waals surface area contributed by atoms with Gasteiger partial charge in [-0.2, -0.15) is 0 Å². The van der Waals surface area contributed by atoms with Gasteiger partial charge in [0.05, 0.1) is 13.2 Å². The van der Waals surface area contributed by atoms with Crippen LogP contribution in [0.4, 0.5) is 10.6 Å². The minimum Gasteiger partial charge on any atom is -0.759 e. The van der Waals surface area contributed by atoms with Gasteiger partial charge in [-0.3, -0.25) is 4.98 Å². The first-order valence-electron chi connectivity index (χ1n) is 9.09. The van der Waals surface area contributed by atoms with Gasteiger partial charge in [-0.25, -0.2) is 9.78 Å². The summed E-state index contributed by atoms with van der Waals surface area (Å²) in [6.07, 6.45) is 4.28. The molecule has 1 spiro atoms.